The summed E-state index contributed by atoms with van der Waals surface area (Å²) in [5, 5.41) is 3.87. The van der Waals surface area contributed by atoms with Crippen molar-refractivity contribution in [2.24, 2.45) is 80.4 Å². The van der Waals surface area contributed by atoms with Gasteiger partial charge in [-0.25, -0.2) is 0 Å². The largest absolute Gasteiger partial charge is 0.490 e. The minimum atomic E-state index is -0.131. The van der Waals surface area contributed by atoms with Crippen LogP contribution in [0.5, 0.6) is 5.75 Å². The Morgan fingerprint density at radius 3 is 2.35 bits per heavy atom. The van der Waals surface area contributed by atoms with Crippen LogP contribution < -0.4 is 10.1 Å². The Morgan fingerprint density at radius 1 is 0.963 bits per heavy atom. The molecule has 5 heteroatoms. The zero-order chi connectivity index (χ0) is 38.0. The number of benzene rings is 1. The third kappa shape index (κ3) is 5.93. The normalized spacial score (nSPS) is 42.1. The van der Waals surface area contributed by atoms with Gasteiger partial charge in [-0.2, -0.15) is 0 Å². The van der Waals surface area contributed by atoms with Crippen LogP contribution in [0.15, 0.2) is 46.6 Å². The molecule has 294 valence electrons. The number of hydrogen-bond donors (Lipinski definition) is 1. The molecule has 8 rings (SSSR count). The number of carbonyl (C=O) groups excluding carboxylic acids is 2. The van der Waals surface area contributed by atoms with Crippen molar-refractivity contribution in [2.75, 3.05) is 6.54 Å². The van der Waals surface area contributed by atoms with Gasteiger partial charge in [-0.3, -0.25) is 9.79 Å². The van der Waals surface area contributed by atoms with Crippen molar-refractivity contribution in [3.05, 3.63) is 47.2 Å². The zero-order valence-corrected chi connectivity index (χ0v) is 34.5. The first-order chi connectivity index (χ1) is 26.0. The minimum Gasteiger partial charge on any atom is -0.490 e. The molecule has 0 aliphatic heterocycles. The highest BCUT2D eigenvalue weighted by molar-refractivity contribution is 6.00. The van der Waals surface area contributed by atoms with Crippen LogP contribution in [0.4, 0.5) is 0 Å². The van der Waals surface area contributed by atoms with E-state index in [0.717, 1.165) is 78.8 Å². The summed E-state index contributed by atoms with van der Waals surface area (Å²) in [6, 6.07) is 8.47. The molecule has 0 aromatic heterocycles. The first-order valence-corrected chi connectivity index (χ1v) is 22.4. The highest BCUT2D eigenvalue weighted by atomic mass is 16.5. The first-order valence-electron chi connectivity index (χ1n) is 22.4. The van der Waals surface area contributed by atoms with E-state index in [4.69, 9.17) is 4.74 Å². The van der Waals surface area contributed by atoms with E-state index in [1.807, 2.05) is 6.20 Å². The van der Waals surface area contributed by atoms with E-state index < -0.39 is 0 Å². The number of Topliss-reactive ketones (excluding diaryl/α,β-unsaturated/α-hetero) is 1. The fraction of sp³-hybridized carbons (Fsp3) is 0.735. The van der Waals surface area contributed by atoms with E-state index in [1.165, 1.54) is 76.1 Å². The summed E-state index contributed by atoms with van der Waals surface area (Å²) in [7, 11) is 0. The third-order valence-corrected chi connectivity index (χ3v) is 18.2. The fourth-order valence-corrected chi connectivity index (χ4v) is 15.4. The van der Waals surface area contributed by atoms with Crippen molar-refractivity contribution in [1.29, 1.82) is 0 Å². The SMILES string of the molecule is C=N/C=C(\NCC12CCC3C(CCC4C3CCC3(CC)C(C)C(C5CC(C=O)C5C)CCC43C)C1=C(C(C)C)C(=O)C2)c1ccc(OC2CCCC2)cc1. The quantitative estimate of drug-likeness (QED) is 0.182. The second-order valence-electron chi connectivity index (χ2n) is 20.2. The molecule has 54 heavy (non-hydrogen) atoms. The Bertz CT molecular complexity index is 1650. The van der Waals surface area contributed by atoms with Crippen molar-refractivity contribution in [3.63, 3.8) is 0 Å². The Hall–Kier alpha value is -2.69. The number of rotatable bonds is 11. The predicted octanol–water partition coefficient (Wildman–Crippen LogP) is 11.3. The van der Waals surface area contributed by atoms with E-state index in [1.54, 1.807) is 5.57 Å². The summed E-state index contributed by atoms with van der Waals surface area (Å²) < 4.78 is 6.27. The highest BCUT2D eigenvalue weighted by Crippen LogP contribution is 2.73. The Morgan fingerprint density at radius 2 is 1.69 bits per heavy atom. The third-order valence-electron chi connectivity index (χ3n) is 18.2. The molecular weight excluding hydrogens is 665 g/mol. The number of carbonyl (C=O) groups is 2. The maximum atomic E-state index is 14.1. The van der Waals surface area contributed by atoms with Crippen LogP contribution in [-0.2, 0) is 9.59 Å². The van der Waals surface area contributed by atoms with Gasteiger partial charge in [-0.15, -0.1) is 0 Å². The van der Waals surface area contributed by atoms with E-state index in [-0.39, 0.29) is 17.3 Å². The lowest BCUT2D eigenvalue weighted by Crippen LogP contribution is -2.62. The average molecular weight is 735 g/mol. The molecule has 1 N–H and O–H groups in total. The summed E-state index contributed by atoms with van der Waals surface area (Å²) in [5.74, 6) is 7.38. The number of ketones is 1. The van der Waals surface area contributed by atoms with Crippen LogP contribution in [0.25, 0.3) is 5.70 Å². The maximum absolute atomic E-state index is 14.1. The van der Waals surface area contributed by atoms with Crippen molar-refractivity contribution in [1.82, 2.24) is 5.32 Å². The lowest BCUT2D eigenvalue weighted by Gasteiger charge is -2.69. The van der Waals surface area contributed by atoms with Gasteiger partial charge in [0.25, 0.3) is 0 Å². The van der Waals surface area contributed by atoms with E-state index in [2.05, 4.69) is 82.8 Å². The lowest BCUT2D eigenvalue weighted by atomic mass is 9.35. The van der Waals surface area contributed by atoms with E-state index >= 15 is 0 Å². The fourth-order valence-electron chi connectivity index (χ4n) is 15.4. The molecule has 0 bridgehead atoms. The minimum absolute atomic E-state index is 0.131. The van der Waals surface area contributed by atoms with Gasteiger partial charge in [0.2, 0.25) is 0 Å². The second-order valence-corrected chi connectivity index (χ2v) is 20.2. The van der Waals surface area contributed by atoms with Gasteiger partial charge < -0.3 is 14.8 Å². The number of nitrogens with zero attached hydrogens (tertiary/aromatic N) is 1. The van der Waals surface area contributed by atoms with Gasteiger partial charge in [-0.05, 0) is 196 Å². The summed E-state index contributed by atoms with van der Waals surface area (Å²) in [6.45, 7) is 19.4. The number of fused-ring (bicyclic) bond motifs is 7. The monoisotopic (exact) mass is 735 g/mol. The molecule has 0 saturated heterocycles. The molecule has 6 fully saturated rings. The molecule has 12 atom stereocenters. The van der Waals surface area contributed by atoms with E-state index in [9.17, 15) is 9.59 Å². The molecule has 1 aromatic rings. The van der Waals surface area contributed by atoms with Gasteiger partial charge in [0.1, 0.15) is 12.0 Å². The van der Waals surface area contributed by atoms with Crippen LogP contribution in [-0.4, -0.2) is 31.4 Å². The Labute approximate surface area is 327 Å². The second kappa shape index (κ2) is 14.7. The molecule has 5 nitrogen and oxygen atoms in total. The zero-order valence-electron chi connectivity index (χ0n) is 34.5. The molecule has 0 radical (unpaired) electrons. The smallest absolute Gasteiger partial charge is 0.160 e. The van der Waals surface area contributed by atoms with Crippen molar-refractivity contribution in [3.8, 4) is 5.75 Å². The average Bonchev–Trinajstić information content (AvgIpc) is 3.79. The summed E-state index contributed by atoms with van der Waals surface area (Å²) in [4.78, 5) is 30.1. The molecule has 12 unspecified atom stereocenters. The summed E-state index contributed by atoms with van der Waals surface area (Å²) >= 11 is 0. The predicted molar refractivity (Wildman–Crippen MR) is 220 cm³/mol. The maximum Gasteiger partial charge on any atom is 0.160 e. The van der Waals surface area contributed by atoms with Crippen molar-refractivity contribution in [2.45, 2.75) is 144 Å². The number of aldehydes is 1. The molecule has 0 amide bonds. The first kappa shape index (κ1) is 38.2. The lowest BCUT2D eigenvalue weighted by molar-refractivity contribution is -0.202. The molecule has 6 saturated carbocycles. The summed E-state index contributed by atoms with van der Waals surface area (Å²) in [6.07, 6.45) is 21.6. The molecule has 0 heterocycles. The van der Waals surface area contributed by atoms with E-state index in [0.29, 0.717) is 46.9 Å². The van der Waals surface area contributed by atoms with Gasteiger partial charge in [-0.1, -0.05) is 47.1 Å². The number of allylic oxidation sites excluding steroid dienone is 1. The van der Waals surface area contributed by atoms with Gasteiger partial charge in [0, 0.05) is 30.5 Å². The van der Waals surface area contributed by atoms with Gasteiger partial charge >= 0.3 is 0 Å². The Kier molecular flexibility index (Phi) is 10.4. The van der Waals surface area contributed by atoms with Crippen LogP contribution in [0, 0.1) is 75.4 Å². The van der Waals surface area contributed by atoms with Gasteiger partial charge in [0.15, 0.2) is 5.78 Å². The standard InChI is InChI=1S/C49H70N2O3/c1-8-49-24-21-39-38-20-23-48(29-51-43(27-50-7)33-13-15-36(16-14-33)54-35-11-9-10-12-35)26-44(53)45(30(2)3)46(48)40(38)17-18-42(39)47(49,6)22-19-37(32(49)5)41-25-34(28-52)31(41)4/h13-16,27-28,30-32,34-35,37-42,51H,7-12,17-26,29H2,1-6H3/b43-27-. The number of aliphatic imine (C=N–C) groups is 1. The molecular formula is C49H70N2O3. The highest BCUT2D eigenvalue weighted by Gasteiger charge is 2.66. The van der Waals surface area contributed by atoms with Gasteiger partial charge in [0.05, 0.1) is 11.8 Å². The number of ether oxygens (including phenoxy) is 1. The number of hydrogen-bond acceptors (Lipinski definition) is 5. The Balaban J connectivity index is 1.03. The van der Waals surface area contributed by atoms with Crippen LogP contribution in [0.1, 0.15) is 143 Å². The molecule has 7 aliphatic carbocycles. The molecule has 1 aromatic carbocycles. The molecule has 7 aliphatic rings. The van der Waals surface area contributed by atoms with Crippen LogP contribution in [0.2, 0.25) is 0 Å². The van der Waals surface area contributed by atoms with Crippen LogP contribution >= 0.6 is 0 Å². The number of nitrogens with one attached hydrogen (secondary N) is 1. The van der Waals surface area contributed by atoms with Crippen molar-refractivity contribution < 1.29 is 14.3 Å². The van der Waals surface area contributed by atoms with Crippen molar-refractivity contribution >= 4 is 24.5 Å². The topological polar surface area (TPSA) is 67.8 Å². The summed E-state index contributed by atoms with van der Waals surface area (Å²) in [5.41, 5.74) is 5.41. The van der Waals surface area contributed by atoms with Crippen LogP contribution in [0.3, 0.4) is 0 Å². The molecule has 0 spiro atoms.